The number of rotatable bonds is 6. The van der Waals surface area contributed by atoms with Crippen LogP contribution in [-0.2, 0) is 9.84 Å². The van der Waals surface area contributed by atoms with E-state index in [4.69, 9.17) is 6.42 Å². The maximum atomic E-state index is 12.6. The van der Waals surface area contributed by atoms with Gasteiger partial charge in [-0.25, -0.2) is 8.42 Å². The second-order valence-corrected chi connectivity index (χ2v) is 5.85. The van der Waals surface area contributed by atoms with Crippen molar-refractivity contribution < 1.29 is 17.2 Å². The van der Waals surface area contributed by atoms with Crippen molar-refractivity contribution in [2.45, 2.75) is 36.5 Å². The van der Waals surface area contributed by atoms with Crippen LogP contribution in [0.3, 0.4) is 0 Å². The number of hydrogen-bond donors (Lipinski definition) is 1. The lowest BCUT2D eigenvalue weighted by Gasteiger charge is -2.18. The van der Waals surface area contributed by atoms with E-state index < -0.39 is 20.5 Å². The lowest BCUT2D eigenvalue weighted by molar-refractivity contribution is 0.235. The topological polar surface area (TPSA) is 46.2 Å². The highest BCUT2D eigenvalue weighted by Crippen LogP contribution is 2.27. The van der Waals surface area contributed by atoms with E-state index >= 15 is 0 Å². The predicted octanol–water partition coefficient (Wildman–Crippen LogP) is 2.90. The van der Waals surface area contributed by atoms with Crippen molar-refractivity contribution in [3.05, 3.63) is 24.3 Å². The number of halogens is 2. The molecule has 0 aromatic heterocycles. The van der Waals surface area contributed by atoms with Crippen LogP contribution in [0.4, 0.5) is 14.5 Å². The van der Waals surface area contributed by atoms with Crippen LogP contribution in [0.15, 0.2) is 29.2 Å². The second kappa shape index (κ2) is 6.53. The summed E-state index contributed by atoms with van der Waals surface area (Å²) in [7, 11) is -4.62. The van der Waals surface area contributed by atoms with Gasteiger partial charge in [-0.05, 0) is 18.6 Å². The van der Waals surface area contributed by atoms with E-state index in [1.165, 1.54) is 12.1 Å². The normalized spacial score (nSPS) is 13.0. The van der Waals surface area contributed by atoms with Crippen molar-refractivity contribution in [2.24, 2.45) is 0 Å². The number of para-hydroxylation sites is 1. The van der Waals surface area contributed by atoms with Gasteiger partial charge in [-0.3, -0.25) is 0 Å². The number of terminal acetylenes is 1. The molecule has 0 heterocycles. The molecule has 1 atom stereocenters. The van der Waals surface area contributed by atoms with E-state index in [9.17, 15) is 17.2 Å². The fourth-order valence-corrected chi connectivity index (χ4v) is 2.48. The molecule has 19 heavy (non-hydrogen) atoms. The summed E-state index contributed by atoms with van der Waals surface area (Å²) in [5, 5.41) is 2.90. The molecule has 1 unspecified atom stereocenters. The molecule has 0 saturated carbocycles. The average Bonchev–Trinajstić information content (AvgIpc) is 2.38. The van der Waals surface area contributed by atoms with Crippen LogP contribution in [0, 0.1) is 12.3 Å². The number of sulfone groups is 1. The molecule has 0 saturated heterocycles. The van der Waals surface area contributed by atoms with Crippen molar-refractivity contribution in [1.29, 1.82) is 0 Å². The fraction of sp³-hybridized carbons (Fsp3) is 0.385. The lowest BCUT2D eigenvalue weighted by Crippen LogP contribution is -2.21. The van der Waals surface area contributed by atoms with Gasteiger partial charge in [-0.2, -0.15) is 8.78 Å². The zero-order chi connectivity index (χ0) is 14.5. The van der Waals surface area contributed by atoms with E-state index in [0.29, 0.717) is 12.8 Å². The lowest BCUT2D eigenvalue weighted by atomic mass is 10.1. The minimum Gasteiger partial charge on any atom is -0.380 e. The zero-order valence-corrected chi connectivity index (χ0v) is 11.3. The molecule has 1 N–H and O–H groups in total. The van der Waals surface area contributed by atoms with Gasteiger partial charge in [-0.15, -0.1) is 12.3 Å². The Bertz CT molecular complexity index is 564. The number of hydrogen-bond acceptors (Lipinski definition) is 3. The Kier molecular flexibility index (Phi) is 5.31. The first-order valence-corrected chi connectivity index (χ1v) is 7.29. The summed E-state index contributed by atoms with van der Waals surface area (Å²) in [5.41, 5.74) is 0.157. The molecular weight excluding hydrogens is 272 g/mol. The van der Waals surface area contributed by atoms with Gasteiger partial charge < -0.3 is 5.32 Å². The maximum Gasteiger partial charge on any atom is 0.341 e. The molecule has 0 fully saturated rings. The monoisotopic (exact) mass is 287 g/mol. The van der Waals surface area contributed by atoms with Gasteiger partial charge in [0.25, 0.3) is 0 Å². The van der Waals surface area contributed by atoms with E-state index in [1.807, 2.05) is 6.92 Å². The van der Waals surface area contributed by atoms with Crippen molar-refractivity contribution >= 4 is 15.5 Å². The van der Waals surface area contributed by atoms with E-state index in [2.05, 4.69) is 11.2 Å². The maximum absolute atomic E-state index is 12.6. The van der Waals surface area contributed by atoms with Crippen molar-refractivity contribution in [2.75, 3.05) is 5.32 Å². The van der Waals surface area contributed by atoms with Crippen LogP contribution in [0.5, 0.6) is 0 Å². The molecule has 0 amide bonds. The van der Waals surface area contributed by atoms with Gasteiger partial charge in [0.1, 0.15) is 0 Å². The Hall–Kier alpha value is -1.61. The molecule has 0 aliphatic carbocycles. The van der Waals surface area contributed by atoms with Crippen LogP contribution < -0.4 is 5.32 Å². The van der Waals surface area contributed by atoms with Crippen LogP contribution in [0.25, 0.3) is 0 Å². The van der Waals surface area contributed by atoms with Crippen LogP contribution in [0.2, 0.25) is 0 Å². The second-order valence-electron chi connectivity index (χ2n) is 3.96. The molecule has 1 aromatic rings. The van der Waals surface area contributed by atoms with Gasteiger partial charge in [0.15, 0.2) is 0 Å². The van der Waals surface area contributed by atoms with Gasteiger partial charge in [0.2, 0.25) is 9.84 Å². The Labute approximate surface area is 111 Å². The summed E-state index contributed by atoms with van der Waals surface area (Å²) in [4.78, 5) is -0.402. The highest BCUT2D eigenvalue weighted by atomic mass is 32.2. The largest absolute Gasteiger partial charge is 0.380 e. The Morgan fingerprint density at radius 3 is 2.53 bits per heavy atom. The minimum atomic E-state index is -4.62. The van der Waals surface area contributed by atoms with Gasteiger partial charge in [-0.1, -0.05) is 19.1 Å². The zero-order valence-electron chi connectivity index (χ0n) is 10.4. The van der Waals surface area contributed by atoms with E-state index in [0.717, 1.165) is 6.07 Å². The molecule has 0 bridgehead atoms. The first-order chi connectivity index (χ1) is 8.93. The first kappa shape index (κ1) is 15.4. The molecule has 3 nitrogen and oxygen atoms in total. The Morgan fingerprint density at radius 2 is 2.00 bits per heavy atom. The van der Waals surface area contributed by atoms with Gasteiger partial charge in [0, 0.05) is 12.5 Å². The molecule has 0 spiro atoms. The third-order valence-corrected chi connectivity index (χ3v) is 4.08. The predicted molar refractivity (Wildman–Crippen MR) is 70.8 cm³/mol. The molecule has 1 rings (SSSR count). The summed E-state index contributed by atoms with van der Waals surface area (Å²) in [6, 6.07) is 5.44. The highest BCUT2D eigenvalue weighted by Gasteiger charge is 2.29. The molecule has 0 aliphatic heterocycles. The van der Waals surface area contributed by atoms with Gasteiger partial charge >= 0.3 is 5.76 Å². The number of alkyl halides is 2. The SMILES string of the molecule is C#CCC(CC)Nc1ccccc1S(=O)(=O)C(F)F. The molecule has 1 aromatic carbocycles. The quantitative estimate of drug-likeness (QED) is 0.818. The first-order valence-electron chi connectivity index (χ1n) is 5.74. The molecule has 104 valence electrons. The Balaban J connectivity index is 3.14. The smallest absolute Gasteiger partial charge is 0.341 e. The third-order valence-electron chi connectivity index (χ3n) is 2.64. The van der Waals surface area contributed by atoms with Crippen LogP contribution >= 0.6 is 0 Å². The standard InChI is InChI=1S/C13H15F2NO2S/c1-3-7-10(4-2)16-11-8-5-6-9-12(11)19(17,18)13(14)15/h1,5-6,8-10,13,16H,4,7H2,2H3. The third kappa shape index (κ3) is 3.67. The minimum absolute atomic E-state index is 0.154. The average molecular weight is 287 g/mol. The van der Waals surface area contributed by atoms with E-state index in [-0.39, 0.29) is 11.7 Å². The Morgan fingerprint density at radius 1 is 1.37 bits per heavy atom. The fourth-order valence-electron chi connectivity index (χ4n) is 1.59. The highest BCUT2D eigenvalue weighted by molar-refractivity contribution is 7.91. The summed E-state index contributed by atoms with van der Waals surface area (Å²) in [6.07, 6.45) is 6.25. The van der Waals surface area contributed by atoms with Crippen molar-refractivity contribution in [3.8, 4) is 12.3 Å². The molecule has 0 aliphatic rings. The summed E-state index contributed by atoms with van der Waals surface area (Å²) in [6.45, 7) is 1.87. The summed E-state index contributed by atoms with van der Waals surface area (Å²) in [5.74, 6) is -0.982. The van der Waals surface area contributed by atoms with E-state index in [1.54, 1.807) is 6.07 Å². The number of benzene rings is 1. The van der Waals surface area contributed by atoms with Crippen LogP contribution in [0.1, 0.15) is 19.8 Å². The molecular formula is C13H15F2NO2S. The summed E-state index contributed by atoms with van der Waals surface area (Å²) < 4.78 is 48.3. The summed E-state index contributed by atoms with van der Waals surface area (Å²) >= 11 is 0. The molecule has 6 heteroatoms. The van der Waals surface area contributed by atoms with Gasteiger partial charge in [0.05, 0.1) is 10.6 Å². The van der Waals surface area contributed by atoms with Crippen LogP contribution in [-0.4, -0.2) is 20.2 Å². The number of anilines is 1. The number of nitrogens with one attached hydrogen (secondary N) is 1. The van der Waals surface area contributed by atoms with Crippen molar-refractivity contribution in [3.63, 3.8) is 0 Å². The van der Waals surface area contributed by atoms with Crippen molar-refractivity contribution in [1.82, 2.24) is 0 Å². The molecule has 0 radical (unpaired) electrons.